The molecule has 4 nitrogen and oxygen atoms in total. The molecule has 2 aromatic rings. The van der Waals surface area contributed by atoms with E-state index < -0.39 is 23.0 Å². The van der Waals surface area contributed by atoms with Crippen LogP contribution in [0.3, 0.4) is 0 Å². The van der Waals surface area contributed by atoms with Gasteiger partial charge in [0.05, 0.1) is 11.5 Å². The van der Waals surface area contributed by atoms with Crippen molar-refractivity contribution >= 4 is 17.0 Å². The maximum Gasteiger partial charge on any atom is 0.324 e. The molecule has 2 rings (SSSR count). The average molecular weight is 331 g/mol. The minimum absolute atomic E-state index is 0.295. The summed E-state index contributed by atoms with van der Waals surface area (Å²) in [6.07, 6.45) is 0.428. The van der Waals surface area contributed by atoms with Gasteiger partial charge in [-0.2, -0.15) is 0 Å². The van der Waals surface area contributed by atoms with E-state index in [0.717, 1.165) is 11.1 Å². The number of benzene rings is 2. The molecular formula is C18H21NO3S. The summed E-state index contributed by atoms with van der Waals surface area (Å²) in [6, 6.07) is 16.3. The molecular weight excluding hydrogens is 310 g/mol. The van der Waals surface area contributed by atoms with Crippen LogP contribution in [-0.2, 0) is 26.9 Å². The van der Waals surface area contributed by atoms with Crippen molar-refractivity contribution in [2.24, 2.45) is 0 Å². The number of carbonyl (C=O) groups excluding carboxylic acids is 1. The normalized spacial score (nSPS) is 13.3. The molecule has 0 spiro atoms. The number of ether oxygens (including phenoxy) is 1. The maximum absolute atomic E-state index is 12.5. The van der Waals surface area contributed by atoms with E-state index in [1.807, 2.05) is 49.4 Å². The Morgan fingerprint density at radius 1 is 1.13 bits per heavy atom. The summed E-state index contributed by atoms with van der Waals surface area (Å²) in [5, 5.41) is 0. The van der Waals surface area contributed by atoms with E-state index in [-0.39, 0.29) is 0 Å². The van der Waals surface area contributed by atoms with Crippen molar-refractivity contribution in [3.63, 3.8) is 0 Å². The third-order valence-corrected chi connectivity index (χ3v) is 4.54. The molecule has 0 unspecified atom stereocenters. The molecule has 2 atom stereocenters. The zero-order valence-corrected chi connectivity index (χ0v) is 14.1. The summed E-state index contributed by atoms with van der Waals surface area (Å²) >= 11 is 0. The monoisotopic (exact) mass is 331 g/mol. The molecule has 0 saturated carbocycles. The highest BCUT2D eigenvalue weighted by Crippen LogP contribution is 2.10. The predicted octanol–water partition coefficient (Wildman–Crippen LogP) is 2.78. The van der Waals surface area contributed by atoms with Crippen molar-refractivity contribution in [2.75, 3.05) is 6.61 Å². The number of aryl methyl sites for hydroxylation is 1. The quantitative estimate of drug-likeness (QED) is 0.794. The van der Waals surface area contributed by atoms with Crippen LogP contribution in [0.4, 0.5) is 0 Å². The predicted molar refractivity (Wildman–Crippen MR) is 91.3 cm³/mol. The molecule has 0 radical (unpaired) electrons. The second-order valence-electron chi connectivity index (χ2n) is 5.19. The topological polar surface area (TPSA) is 55.4 Å². The molecule has 0 saturated heterocycles. The van der Waals surface area contributed by atoms with Crippen molar-refractivity contribution in [2.45, 2.75) is 31.2 Å². The van der Waals surface area contributed by atoms with Gasteiger partial charge in [0, 0.05) is 0 Å². The summed E-state index contributed by atoms with van der Waals surface area (Å²) in [6.45, 7) is 4.02. The van der Waals surface area contributed by atoms with Crippen molar-refractivity contribution in [1.82, 2.24) is 4.72 Å². The molecule has 5 heteroatoms. The van der Waals surface area contributed by atoms with Gasteiger partial charge in [-0.05, 0) is 38.0 Å². The SMILES string of the molecule is CCOC(=O)[C@@H](Cc1ccccc1)N[S@](=O)c1ccc(C)cc1. The molecule has 0 aliphatic carbocycles. The van der Waals surface area contributed by atoms with Crippen LogP contribution in [0.2, 0.25) is 0 Å². The van der Waals surface area contributed by atoms with E-state index >= 15 is 0 Å². The third-order valence-electron chi connectivity index (χ3n) is 3.34. The summed E-state index contributed by atoms with van der Waals surface area (Å²) < 4.78 is 20.4. The molecule has 0 amide bonds. The molecule has 23 heavy (non-hydrogen) atoms. The standard InChI is InChI=1S/C18H21NO3S/c1-3-22-18(20)17(13-15-7-5-4-6-8-15)19-23(21)16-11-9-14(2)10-12-16/h4-12,17,19H,3,13H2,1-2H3/t17-,23-/m1/s1. The molecule has 2 aromatic carbocycles. The van der Waals surface area contributed by atoms with Crippen LogP contribution >= 0.6 is 0 Å². The number of nitrogens with one attached hydrogen (secondary N) is 1. The molecule has 122 valence electrons. The second-order valence-corrected chi connectivity index (χ2v) is 6.44. The lowest BCUT2D eigenvalue weighted by Crippen LogP contribution is -2.40. The van der Waals surface area contributed by atoms with Crippen LogP contribution in [0, 0.1) is 6.92 Å². The number of hydrogen-bond donors (Lipinski definition) is 1. The number of esters is 1. The highest BCUT2D eigenvalue weighted by atomic mass is 32.2. The maximum atomic E-state index is 12.5. The summed E-state index contributed by atoms with van der Waals surface area (Å²) in [7, 11) is -1.47. The van der Waals surface area contributed by atoms with Gasteiger partial charge in [-0.25, -0.2) is 8.93 Å². The highest BCUT2D eigenvalue weighted by molar-refractivity contribution is 7.83. The van der Waals surface area contributed by atoms with Crippen LogP contribution < -0.4 is 4.72 Å². The van der Waals surface area contributed by atoms with Crippen LogP contribution in [0.5, 0.6) is 0 Å². The fraction of sp³-hybridized carbons (Fsp3) is 0.278. The number of carbonyl (C=O) groups is 1. The first-order chi connectivity index (χ1) is 11.1. The van der Waals surface area contributed by atoms with Gasteiger partial charge < -0.3 is 4.74 Å². The van der Waals surface area contributed by atoms with Crippen LogP contribution in [0.1, 0.15) is 18.1 Å². The first-order valence-corrected chi connectivity index (χ1v) is 8.70. The zero-order valence-electron chi connectivity index (χ0n) is 13.3. The van der Waals surface area contributed by atoms with Crippen molar-refractivity contribution < 1.29 is 13.7 Å². The van der Waals surface area contributed by atoms with E-state index in [9.17, 15) is 9.00 Å². The van der Waals surface area contributed by atoms with Crippen molar-refractivity contribution in [3.05, 3.63) is 65.7 Å². The molecule has 1 N–H and O–H groups in total. The molecule has 0 aliphatic rings. The Kier molecular flexibility index (Phi) is 6.50. The van der Waals surface area contributed by atoms with E-state index in [1.54, 1.807) is 19.1 Å². The third kappa shape index (κ3) is 5.30. The molecule has 0 aromatic heterocycles. The van der Waals surface area contributed by atoms with Gasteiger partial charge in [-0.15, -0.1) is 0 Å². The Morgan fingerprint density at radius 3 is 2.39 bits per heavy atom. The number of rotatable bonds is 7. The van der Waals surface area contributed by atoms with E-state index in [4.69, 9.17) is 4.74 Å². The van der Waals surface area contributed by atoms with Gasteiger partial charge in [-0.3, -0.25) is 4.79 Å². The molecule has 0 aliphatic heterocycles. The van der Waals surface area contributed by atoms with Crippen LogP contribution in [-0.4, -0.2) is 22.8 Å². The molecule has 0 fully saturated rings. The first-order valence-electron chi connectivity index (χ1n) is 7.55. The minimum Gasteiger partial charge on any atom is -0.465 e. The van der Waals surface area contributed by atoms with E-state index in [1.165, 1.54) is 0 Å². The lowest BCUT2D eigenvalue weighted by molar-refractivity contribution is -0.145. The Labute approximate surface area is 139 Å². The summed E-state index contributed by atoms with van der Waals surface area (Å²) in [4.78, 5) is 12.8. The first kappa shape index (κ1) is 17.4. The molecule has 0 heterocycles. The van der Waals surface area contributed by atoms with E-state index in [2.05, 4.69) is 4.72 Å². The second kappa shape index (κ2) is 8.60. The fourth-order valence-corrected chi connectivity index (χ4v) is 3.08. The van der Waals surface area contributed by atoms with Gasteiger partial charge in [0.2, 0.25) is 0 Å². The van der Waals surface area contributed by atoms with Crippen molar-refractivity contribution in [1.29, 1.82) is 0 Å². The highest BCUT2D eigenvalue weighted by Gasteiger charge is 2.22. The summed E-state index contributed by atoms with van der Waals surface area (Å²) in [5.41, 5.74) is 2.08. The van der Waals surface area contributed by atoms with E-state index in [0.29, 0.717) is 17.9 Å². The van der Waals surface area contributed by atoms with Gasteiger partial charge in [0.1, 0.15) is 17.0 Å². The lowest BCUT2D eigenvalue weighted by Gasteiger charge is -2.17. The Hall–Kier alpha value is -1.98. The largest absolute Gasteiger partial charge is 0.465 e. The van der Waals surface area contributed by atoms with Crippen molar-refractivity contribution in [3.8, 4) is 0 Å². The Bertz CT molecular complexity index is 656. The van der Waals surface area contributed by atoms with Crippen LogP contribution in [0.15, 0.2) is 59.5 Å². The van der Waals surface area contributed by atoms with Gasteiger partial charge in [-0.1, -0.05) is 48.0 Å². The zero-order chi connectivity index (χ0) is 16.7. The Morgan fingerprint density at radius 2 is 1.78 bits per heavy atom. The van der Waals surface area contributed by atoms with Crippen LogP contribution in [0.25, 0.3) is 0 Å². The van der Waals surface area contributed by atoms with Gasteiger partial charge >= 0.3 is 5.97 Å². The number of hydrogen-bond acceptors (Lipinski definition) is 3. The fourth-order valence-electron chi connectivity index (χ4n) is 2.12. The van der Waals surface area contributed by atoms with Gasteiger partial charge in [0.25, 0.3) is 0 Å². The average Bonchev–Trinajstić information content (AvgIpc) is 2.56. The smallest absolute Gasteiger partial charge is 0.324 e. The summed E-state index contributed by atoms with van der Waals surface area (Å²) in [5.74, 6) is -0.392. The minimum atomic E-state index is -1.47. The molecule has 0 bridgehead atoms. The Balaban J connectivity index is 2.11. The van der Waals surface area contributed by atoms with Gasteiger partial charge in [0.15, 0.2) is 0 Å². The lowest BCUT2D eigenvalue weighted by atomic mass is 10.1.